The third-order valence-electron chi connectivity index (χ3n) is 3.90. The zero-order valence-electron chi connectivity index (χ0n) is 11.2. The lowest BCUT2D eigenvalue weighted by atomic mass is 9.74. The highest BCUT2D eigenvalue weighted by Gasteiger charge is 2.40. The van der Waals surface area contributed by atoms with E-state index in [4.69, 9.17) is 11.6 Å². The number of carbonyl (C=O) groups is 1. The number of aromatic nitrogens is 1. The number of nitrogens with zero attached hydrogens (tertiary/aromatic N) is 2. The molecule has 6 nitrogen and oxygen atoms in total. The van der Waals surface area contributed by atoms with E-state index in [0.29, 0.717) is 12.2 Å². The number of nitrogens with two attached hydrogens (primary N) is 2. The molecule has 1 saturated heterocycles. The van der Waals surface area contributed by atoms with Crippen LogP contribution >= 0.6 is 0 Å². The summed E-state index contributed by atoms with van der Waals surface area (Å²) >= 11 is 0. The van der Waals surface area contributed by atoms with Crippen LogP contribution in [0.15, 0.2) is 18.2 Å². The molecule has 2 rings (SSSR count). The van der Waals surface area contributed by atoms with Crippen LogP contribution in [-0.4, -0.2) is 35.9 Å². The summed E-state index contributed by atoms with van der Waals surface area (Å²) in [5, 5.41) is 0. The molecule has 0 radical (unpaired) electrons. The first-order valence-electron chi connectivity index (χ1n) is 6.47. The van der Waals surface area contributed by atoms with Crippen molar-refractivity contribution in [1.82, 2.24) is 15.3 Å². The first-order chi connectivity index (χ1) is 9.05. The van der Waals surface area contributed by atoms with Gasteiger partial charge in [0.05, 0.1) is 5.41 Å². The normalized spacial score (nSPS) is 19.1. The van der Waals surface area contributed by atoms with Gasteiger partial charge in [0.25, 0.3) is 0 Å². The molecule has 0 spiro atoms. The highest BCUT2D eigenvalue weighted by Crippen LogP contribution is 2.34. The Morgan fingerprint density at radius 3 is 2.74 bits per heavy atom. The molecule has 2 heterocycles. The molecule has 1 amide bonds. The molecule has 0 aliphatic carbocycles. The molecule has 0 aromatic carbocycles. The minimum absolute atomic E-state index is 0.107. The number of pyridine rings is 1. The molecule has 5 N–H and O–H groups in total. The van der Waals surface area contributed by atoms with Crippen LogP contribution in [0.25, 0.3) is 0 Å². The SMILES string of the molecule is CN1CCC(Cc2cccc(N)n2)(C(=O)NN)CC1. The van der Waals surface area contributed by atoms with Gasteiger partial charge in [0, 0.05) is 12.1 Å². The molecule has 0 unspecified atom stereocenters. The Hall–Kier alpha value is -1.66. The predicted molar refractivity (Wildman–Crippen MR) is 73.8 cm³/mol. The van der Waals surface area contributed by atoms with Gasteiger partial charge < -0.3 is 10.6 Å². The molecule has 0 atom stereocenters. The van der Waals surface area contributed by atoms with Crippen molar-refractivity contribution < 1.29 is 4.79 Å². The van der Waals surface area contributed by atoms with Gasteiger partial charge in [-0.2, -0.15) is 0 Å². The van der Waals surface area contributed by atoms with Crippen molar-refractivity contribution in [3.05, 3.63) is 23.9 Å². The summed E-state index contributed by atoms with van der Waals surface area (Å²) in [6.45, 7) is 1.77. The van der Waals surface area contributed by atoms with Crippen LogP contribution in [0, 0.1) is 5.41 Å². The Balaban J connectivity index is 2.21. The molecule has 1 fully saturated rings. The van der Waals surface area contributed by atoms with Gasteiger partial charge in [-0.25, -0.2) is 10.8 Å². The maximum atomic E-state index is 12.2. The van der Waals surface area contributed by atoms with Gasteiger partial charge in [-0.1, -0.05) is 6.07 Å². The van der Waals surface area contributed by atoms with E-state index < -0.39 is 5.41 Å². The quantitative estimate of drug-likeness (QED) is 0.402. The first kappa shape index (κ1) is 13.8. The minimum atomic E-state index is -0.470. The molecule has 6 heteroatoms. The van der Waals surface area contributed by atoms with E-state index in [-0.39, 0.29) is 5.91 Å². The number of hydrazine groups is 1. The summed E-state index contributed by atoms with van der Waals surface area (Å²) in [6, 6.07) is 5.51. The fourth-order valence-corrected chi connectivity index (χ4v) is 2.63. The zero-order valence-corrected chi connectivity index (χ0v) is 11.2. The Morgan fingerprint density at radius 2 is 2.16 bits per heavy atom. The highest BCUT2D eigenvalue weighted by atomic mass is 16.2. The van der Waals surface area contributed by atoms with Gasteiger partial charge in [-0.15, -0.1) is 0 Å². The van der Waals surface area contributed by atoms with Crippen molar-refractivity contribution in [2.45, 2.75) is 19.3 Å². The number of anilines is 1. The maximum Gasteiger partial charge on any atom is 0.240 e. The summed E-state index contributed by atoms with van der Waals surface area (Å²) in [5.41, 5.74) is 8.37. The molecule has 104 valence electrons. The number of likely N-dealkylation sites (tertiary alicyclic amines) is 1. The van der Waals surface area contributed by atoms with Crippen molar-refractivity contribution in [2.24, 2.45) is 11.3 Å². The van der Waals surface area contributed by atoms with E-state index in [1.54, 1.807) is 6.07 Å². The van der Waals surface area contributed by atoms with E-state index in [1.165, 1.54) is 0 Å². The lowest BCUT2D eigenvalue weighted by Crippen LogP contribution is -2.51. The fraction of sp³-hybridized carbons (Fsp3) is 0.538. The van der Waals surface area contributed by atoms with Crippen LogP contribution < -0.4 is 17.0 Å². The molecule has 1 aromatic rings. The van der Waals surface area contributed by atoms with Crippen LogP contribution in [0.2, 0.25) is 0 Å². The number of rotatable bonds is 3. The summed E-state index contributed by atoms with van der Waals surface area (Å²) in [4.78, 5) is 18.7. The second-order valence-electron chi connectivity index (χ2n) is 5.29. The Kier molecular flexibility index (Phi) is 4.01. The molecular formula is C13H21N5O. The fourth-order valence-electron chi connectivity index (χ4n) is 2.63. The van der Waals surface area contributed by atoms with Gasteiger partial charge in [0.1, 0.15) is 5.82 Å². The first-order valence-corrected chi connectivity index (χ1v) is 6.47. The summed E-state index contributed by atoms with van der Waals surface area (Å²) in [6.07, 6.45) is 2.14. The van der Waals surface area contributed by atoms with Crippen molar-refractivity contribution in [1.29, 1.82) is 0 Å². The third kappa shape index (κ3) is 3.02. The molecular weight excluding hydrogens is 242 g/mol. The molecule has 1 aliphatic heterocycles. The van der Waals surface area contributed by atoms with Gasteiger partial charge in [0.15, 0.2) is 0 Å². The number of nitrogens with one attached hydrogen (secondary N) is 1. The lowest BCUT2D eigenvalue weighted by molar-refractivity contribution is -0.133. The smallest absolute Gasteiger partial charge is 0.240 e. The summed E-state index contributed by atoms with van der Waals surface area (Å²) in [7, 11) is 2.06. The van der Waals surface area contributed by atoms with Gasteiger partial charge in [0.2, 0.25) is 5.91 Å². The number of amides is 1. The van der Waals surface area contributed by atoms with E-state index >= 15 is 0 Å². The van der Waals surface area contributed by atoms with Crippen LogP contribution in [-0.2, 0) is 11.2 Å². The topological polar surface area (TPSA) is 97.3 Å². The van der Waals surface area contributed by atoms with Crippen LogP contribution in [0.3, 0.4) is 0 Å². The van der Waals surface area contributed by atoms with E-state index in [9.17, 15) is 4.79 Å². The number of piperidine rings is 1. The second-order valence-corrected chi connectivity index (χ2v) is 5.29. The molecule has 19 heavy (non-hydrogen) atoms. The Morgan fingerprint density at radius 1 is 1.47 bits per heavy atom. The molecule has 1 aliphatic rings. The van der Waals surface area contributed by atoms with Crippen LogP contribution in [0.4, 0.5) is 5.82 Å². The van der Waals surface area contributed by atoms with Crippen molar-refractivity contribution in [3.63, 3.8) is 0 Å². The second kappa shape index (κ2) is 5.54. The number of nitrogen functional groups attached to an aromatic ring is 1. The van der Waals surface area contributed by atoms with Crippen LogP contribution in [0.5, 0.6) is 0 Å². The average Bonchev–Trinajstić information content (AvgIpc) is 2.41. The number of carbonyl (C=O) groups excluding carboxylic acids is 1. The number of hydrogen-bond acceptors (Lipinski definition) is 5. The van der Waals surface area contributed by atoms with Crippen molar-refractivity contribution in [2.75, 3.05) is 25.9 Å². The Bertz CT molecular complexity index is 454. The summed E-state index contributed by atoms with van der Waals surface area (Å²) in [5.74, 6) is 5.72. The van der Waals surface area contributed by atoms with Crippen LogP contribution in [0.1, 0.15) is 18.5 Å². The van der Waals surface area contributed by atoms with Crippen molar-refractivity contribution >= 4 is 11.7 Å². The Labute approximate surface area is 113 Å². The van der Waals surface area contributed by atoms with Gasteiger partial charge >= 0.3 is 0 Å². The predicted octanol–water partition coefficient (Wildman–Crippen LogP) is -0.0918. The number of hydrogen-bond donors (Lipinski definition) is 3. The van der Waals surface area contributed by atoms with Gasteiger partial charge in [-0.05, 0) is 45.1 Å². The van der Waals surface area contributed by atoms with E-state index in [0.717, 1.165) is 31.6 Å². The standard InChI is InChI=1S/C13H21N5O/c1-18-7-5-13(6-8-18,12(19)17-15)9-10-3-2-4-11(14)16-10/h2-4H,5-9,15H2,1H3,(H2,14,16)(H,17,19). The summed E-state index contributed by atoms with van der Waals surface area (Å²) < 4.78 is 0. The molecule has 0 saturated carbocycles. The van der Waals surface area contributed by atoms with Gasteiger partial charge in [-0.3, -0.25) is 10.2 Å². The zero-order chi connectivity index (χ0) is 13.9. The minimum Gasteiger partial charge on any atom is -0.384 e. The van der Waals surface area contributed by atoms with E-state index in [2.05, 4.69) is 22.4 Å². The largest absolute Gasteiger partial charge is 0.384 e. The highest BCUT2D eigenvalue weighted by molar-refractivity contribution is 5.82. The monoisotopic (exact) mass is 263 g/mol. The van der Waals surface area contributed by atoms with E-state index in [1.807, 2.05) is 12.1 Å². The third-order valence-corrected chi connectivity index (χ3v) is 3.90. The lowest BCUT2D eigenvalue weighted by Gasteiger charge is -2.38. The van der Waals surface area contributed by atoms with Crippen molar-refractivity contribution in [3.8, 4) is 0 Å². The molecule has 1 aromatic heterocycles. The maximum absolute atomic E-state index is 12.2. The molecule has 0 bridgehead atoms. The average molecular weight is 263 g/mol.